The second-order valence-electron chi connectivity index (χ2n) is 4.79. The maximum absolute atomic E-state index is 11.2. The first-order valence-electron chi connectivity index (χ1n) is 6.90. The Morgan fingerprint density at radius 1 is 1.43 bits per heavy atom. The van der Waals surface area contributed by atoms with Crippen LogP contribution in [0.1, 0.15) is 31.1 Å². The molecule has 0 aliphatic rings. The van der Waals surface area contributed by atoms with Crippen molar-refractivity contribution in [2.75, 3.05) is 25.0 Å². The Bertz CT molecular complexity index is 483. The van der Waals surface area contributed by atoms with E-state index >= 15 is 0 Å². The molecule has 2 N–H and O–H groups in total. The Morgan fingerprint density at radius 2 is 2.05 bits per heavy atom. The molecule has 7 nitrogen and oxygen atoms in total. The van der Waals surface area contributed by atoms with Gasteiger partial charge in [0.15, 0.2) is 0 Å². The van der Waals surface area contributed by atoms with Crippen LogP contribution in [-0.2, 0) is 0 Å². The number of anilines is 1. The summed E-state index contributed by atoms with van der Waals surface area (Å²) < 4.78 is 0. The van der Waals surface area contributed by atoms with Crippen molar-refractivity contribution in [3.05, 3.63) is 33.9 Å². The van der Waals surface area contributed by atoms with Crippen LogP contribution in [0.25, 0.3) is 0 Å². The van der Waals surface area contributed by atoms with Crippen LogP contribution in [0.4, 0.5) is 11.4 Å². The summed E-state index contributed by atoms with van der Waals surface area (Å²) in [5.41, 5.74) is -0.244. The lowest BCUT2D eigenvalue weighted by molar-refractivity contribution is -0.384. The van der Waals surface area contributed by atoms with Gasteiger partial charge in [-0.1, -0.05) is 19.9 Å². The van der Waals surface area contributed by atoms with E-state index in [2.05, 4.69) is 10.2 Å². The van der Waals surface area contributed by atoms with E-state index in [4.69, 9.17) is 0 Å². The van der Waals surface area contributed by atoms with Crippen molar-refractivity contribution in [3.63, 3.8) is 0 Å². The van der Waals surface area contributed by atoms with Gasteiger partial charge in [0.1, 0.15) is 5.69 Å². The highest BCUT2D eigenvalue weighted by molar-refractivity contribution is 5.96. The number of nitrogens with zero attached hydrogens (tertiary/aromatic N) is 2. The summed E-state index contributed by atoms with van der Waals surface area (Å²) >= 11 is 0. The molecule has 1 aromatic carbocycles. The summed E-state index contributed by atoms with van der Waals surface area (Å²) in [4.78, 5) is 23.9. The summed E-state index contributed by atoms with van der Waals surface area (Å²) in [6.45, 7) is 8.35. The molecule has 1 rings (SSSR count). The van der Waals surface area contributed by atoms with E-state index in [9.17, 15) is 20.0 Å². The van der Waals surface area contributed by atoms with Gasteiger partial charge in [0.05, 0.1) is 10.5 Å². The van der Waals surface area contributed by atoms with Crippen LogP contribution in [0, 0.1) is 10.1 Å². The molecule has 0 aliphatic carbocycles. The first-order valence-corrected chi connectivity index (χ1v) is 6.90. The number of carbonyl (C=O) groups is 1. The van der Waals surface area contributed by atoms with Gasteiger partial charge in [-0.25, -0.2) is 4.79 Å². The van der Waals surface area contributed by atoms with Crippen molar-refractivity contribution in [2.24, 2.45) is 0 Å². The van der Waals surface area contributed by atoms with Crippen molar-refractivity contribution in [3.8, 4) is 0 Å². The number of hydrogen-bond acceptors (Lipinski definition) is 5. The second-order valence-corrected chi connectivity index (χ2v) is 4.79. The fourth-order valence-corrected chi connectivity index (χ4v) is 2.18. The molecule has 0 saturated carbocycles. The molecule has 1 aromatic rings. The van der Waals surface area contributed by atoms with Crippen LogP contribution in [0.3, 0.4) is 0 Å². The van der Waals surface area contributed by atoms with Gasteiger partial charge in [0, 0.05) is 18.7 Å². The maximum Gasteiger partial charge on any atom is 0.338 e. The molecular weight excluding hydrogens is 274 g/mol. The van der Waals surface area contributed by atoms with Gasteiger partial charge in [-0.05, 0) is 26.1 Å². The molecule has 0 fully saturated rings. The highest BCUT2D eigenvalue weighted by Gasteiger charge is 2.22. The van der Waals surface area contributed by atoms with Crippen LogP contribution in [0.5, 0.6) is 0 Å². The normalized spacial score (nSPS) is 12.2. The van der Waals surface area contributed by atoms with E-state index < -0.39 is 10.9 Å². The Hall–Kier alpha value is -2.15. The Kier molecular flexibility index (Phi) is 6.10. The van der Waals surface area contributed by atoms with Crippen LogP contribution < -0.4 is 5.32 Å². The molecule has 116 valence electrons. The zero-order valence-electron chi connectivity index (χ0n) is 12.5. The zero-order valence-corrected chi connectivity index (χ0v) is 12.5. The molecule has 0 aliphatic heterocycles. The minimum Gasteiger partial charge on any atom is -0.478 e. The molecule has 0 radical (unpaired) electrons. The number of nitro benzene ring substituents is 1. The molecule has 1 atom stereocenters. The van der Waals surface area contributed by atoms with E-state index in [1.807, 2.05) is 20.8 Å². The van der Waals surface area contributed by atoms with Gasteiger partial charge >= 0.3 is 5.97 Å². The Labute approximate surface area is 123 Å². The number of carboxylic acids is 1. The molecule has 0 aromatic heterocycles. The molecule has 1 unspecified atom stereocenters. The molecule has 7 heteroatoms. The predicted octanol–water partition coefficient (Wildman–Crippen LogP) is 2.44. The summed E-state index contributed by atoms with van der Waals surface area (Å²) in [7, 11) is 0. The summed E-state index contributed by atoms with van der Waals surface area (Å²) in [5, 5.41) is 23.2. The van der Waals surface area contributed by atoms with Gasteiger partial charge in [-0.3, -0.25) is 10.1 Å². The smallest absolute Gasteiger partial charge is 0.338 e. The van der Waals surface area contributed by atoms with Crippen LogP contribution >= 0.6 is 0 Å². The first kappa shape index (κ1) is 16.9. The number of nitrogens with one attached hydrogen (secondary N) is 1. The first-order chi connectivity index (χ1) is 9.90. The maximum atomic E-state index is 11.2. The van der Waals surface area contributed by atoms with Crippen molar-refractivity contribution in [2.45, 2.75) is 26.8 Å². The van der Waals surface area contributed by atoms with Gasteiger partial charge in [-0.2, -0.15) is 0 Å². The highest BCUT2D eigenvalue weighted by atomic mass is 16.6. The molecule has 0 heterocycles. The van der Waals surface area contributed by atoms with Gasteiger partial charge < -0.3 is 15.3 Å². The van der Waals surface area contributed by atoms with Gasteiger partial charge in [-0.15, -0.1) is 0 Å². The van der Waals surface area contributed by atoms with Crippen LogP contribution in [-0.4, -0.2) is 46.6 Å². The van der Waals surface area contributed by atoms with Crippen molar-refractivity contribution in [1.29, 1.82) is 0 Å². The average molecular weight is 295 g/mol. The van der Waals surface area contributed by atoms with E-state index in [0.29, 0.717) is 6.54 Å². The average Bonchev–Trinajstić information content (AvgIpc) is 2.44. The minimum absolute atomic E-state index is 0.0645. The standard InChI is InChI=1S/C14H21N3O4/c1-4-16(5-2)9-10(3)15-13-11(14(18)19)7-6-8-12(13)17(20)21/h6-8,10,15H,4-5,9H2,1-3H3,(H,18,19). The summed E-state index contributed by atoms with van der Waals surface area (Å²) in [5.74, 6) is -1.18. The SMILES string of the molecule is CCN(CC)CC(C)Nc1c(C(=O)O)cccc1[N+](=O)[O-]. The largest absolute Gasteiger partial charge is 0.478 e. The fourth-order valence-electron chi connectivity index (χ4n) is 2.18. The monoisotopic (exact) mass is 295 g/mol. The zero-order chi connectivity index (χ0) is 16.0. The van der Waals surface area contributed by atoms with Gasteiger partial charge in [0.25, 0.3) is 5.69 Å². The number of carboxylic acid groups (broad SMARTS) is 1. The van der Waals surface area contributed by atoms with E-state index in [1.165, 1.54) is 18.2 Å². The molecular formula is C14H21N3O4. The second kappa shape index (κ2) is 7.58. The third-order valence-corrected chi connectivity index (χ3v) is 3.29. The topological polar surface area (TPSA) is 95.7 Å². The van der Waals surface area contributed by atoms with E-state index in [0.717, 1.165) is 13.1 Å². The lowest BCUT2D eigenvalue weighted by Gasteiger charge is -2.24. The molecule has 21 heavy (non-hydrogen) atoms. The van der Waals surface area contributed by atoms with Gasteiger partial charge in [0.2, 0.25) is 0 Å². The number of likely N-dealkylation sites (N-methyl/N-ethyl adjacent to an activating group) is 1. The summed E-state index contributed by atoms with van der Waals surface area (Å²) in [6.07, 6.45) is 0. The van der Waals surface area contributed by atoms with E-state index in [-0.39, 0.29) is 23.0 Å². The predicted molar refractivity (Wildman–Crippen MR) is 80.9 cm³/mol. The van der Waals surface area contributed by atoms with E-state index in [1.54, 1.807) is 0 Å². The lowest BCUT2D eigenvalue weighted by atomic mass is 10.1. The van der Waals surface area contributed by atoms with Crippen LogP contribution in [0.2, 0.25) is 0 Å². The Balaban J connectivity index is 3.05. The number of aromatic carboxylic acids is 1. The number of benzene rings is 1. The number of nitro groups is 1. The van der Waals surface area contributed by atoms with Crippen molar-refractivity contribution in [1.82, 2.24) is 4.90 Å². The molecule has 0 spiro atoms. The number of para-hydroxylation sites is 1. The quantitative estimate of drug-likeness (QED) is 0.565. The molecule has 0 amide bonds. The summed E-state index contributed by atoms with van der Waals surface area (Å²) in [6, 6.07) is 3.94. The third-order valence-electron chi connectivity index (χ3n) is 3.29. The number of rotatable bonds is 8. The van der Waals surface area contributed by atoms with Crippen molar-refractivity contribution < 1.29 is 14.8 Å². The molecule has 0 bridgehead atoms. The third kappa shape index (κ3) is 4.42. The minimum atomic E-state index is -1.18. The Morgan fingerprint density at radius 3 is 2.52 bits per heavy atom. The fraction of sp³-hybridized carbons (Fsp3) is 0.500. The number of hydrogen-bond donors (Lipinski definition) is 2. The molecule has 0 saturated heterocycles. The lowest BCUT2D eigenvalue weighted by Crippen LogP contribution is -2.35. The van der Waals surface area contributed by atoms with Crippen molar-refractivity contribution >= 4 is 17.3 Å². The highest BCUT2D eigenvalue weighted by Crippen LogP contribution is 2.29. The van der Waals surface area contributed by atoms with Crippen LogP contribution in [0.15, 0.2) is 18.2 Å².